The minimum atomic E-state index is -1.50. The molecule has 0 atom stereocenters. The van der Waals surface area contributed by atoms with Gasteiger partial charge in [-0.1, -0.05) is 0 Å². The molecular formula is C7H4INO5. The van der Waals surface area contributed by atoms with Crippen molar-refractivity contribution in [2.75, 3.05) is 0 Å². The van der Waals surface area contributed by atoms with Gasteiger partial charge in [-0.05, 0) is 12.1 Å². The predicted molar refractivity (Wildman–Crippen MR) is 53.5 cm³/mol. The lowest BCUT2D eigenvalue weighted by Gasteiger charge is -1.97. The van der Waals surface area contributed by atoms with E-state index in [-0.39, 0.29) is 0 Å². The van der Waals surface area contributed by atoms with Crippen LogP contribution in [0.2, 0.25) is 0 Å². The van der Waals surface area contributed by atoms with Gasteiger partial charge in [0.25, 0.3) is 5.69 Å². The molecule has 7 heteroatoms. The molecule has 1 N–H and O–H groups in total. The highest BCUT2D eigenvalue weighted by Crippen LogP contribution is 2.22. The van der Waals surface area contributed by atoms with Crippen LogP contribution in [0.4, 0.5) is 5.69 Å². The zero-order valence-electron chi connectivity index (χ0n) is 6.64. The van der Waals surface area contributed by atoms with E-state index in [2.05, 4.69) is 0 Å². The van der Waals surface area contributed by atoms with Crippen molar-refractivity contribution in [3.63, 3.8) is 0 Å². The molecule has 0 fully saturated rings. The Kier molecular flexibility index (Phi) is 3.23. The van der Waals surface area contributed by atoms with Crippen LogP contribution < -0.4 is 0 Å². The quantitative estimate of drug-likeness (QED) is 0.521. The van der Waals surface area contributed by atoms with Crippen LogP contribution in [0.5, 0.6) is 0 Å². The maximum atomic E-state index is 10.6. The summed E-state index contributed by atoms with van der Waals surface area (Å²) in [6, 6.07) is 3.42. The number of carboxylic acid groups (broad SMARTS) is 1. The Morgan fingerprint density at radius 2 is 2.14 bits per heavy atom. The van der Waals surface area contributed by atoms with Crippen molar-refractivity contribution in [3.8, 4) is 0 Å². The molecule has 0 saturated heterocycles. The smallest absolute Gasteiger partial charge is 0.342 e. The number of hydrogen-bond acceptors (Lipinski definition) is 4. The summed E-state index contributed by atoms with van der Waals surface area (Å²) in [6.07, 6.45) is 0. The van der Waals surface area contributed by atoms with Crippen molar-refractivity contribution in [2.45, 2.75) is 0 Å². The van der Waals surface area contributed by atoms with Crippen molar-refractivity contribution >= 4 is 32.8 Å². The summed E-state index contributed by atoms with van der Waals surface area (Å²) in [7, 11) is 0. The third-order valence-corrected chi connectivity index (χ3v) is 2.65. The Hall–Kier alpha value is -1.38. The van der Waals surface area contributed by atoms with Gasteiger partial charge in [0.1, 0.15) is 5.56 Å². The SMILES string of the molecule is O=Ic1ccc([N+](=O)[O-])c(C(=O)O)c1. The molecule has 0 saturated carbocycles. The van der Waals surface area contributed by atoms with E-state index in [4.69, 9.17) is 5.11 Å². The van der Waals surface area contributed by atoms with Gasteiger partial charge in [0.05, 0.1) is 4.92 Å². The number of carboxylic acids is 1. The van der Waals surface area contributed by atoms with E-state index >= 15 is 0 Å². The molecule has 0 radical (unpaired) electrons. The van der Waals surface area contributed by atoms with Crippen molar-refractivity contribution in [2.24, 2.45) is 0 Å². The molecule has 6 nitrogen and oxygen atoms in total. The molecule has 74 valence electrons. The van der Waals surface area contributed by atoms with E-state index in [9.17, 15) is 18.0 Å². The first-order valence-corrected chi connectivity index (χ1v) is 5.31. The van der Waals surface area contributed by atoms with E-state index in [0.29, 0.717) is 3.57 Å². The molecular weight excluding hydrogens is 305 g/mol. The number of aromatic carboxylic acids is 1. The normalized spacial score (nSPS) is 9.71. The van der Waals surface area contributed by atoms with Crippen LogP contribution in [0.3, 0.4) is 0 Å². The fourth-order valence-corrected chi connectivity index (χ4v) is 1.65. The Bertz CT molecular complexity index is 417. The average molecular weight is 309 g/mol. The molecule has 1 rings (SSSR count). The van der Waals surface area contributed by atoms with Crippen molar-refractivity contribution in [3.05, 3.63) is 37.4 Å². The van der Waals surface area contributed by atoms with Crippen LogP contribution in [0.1, 0.15) is 10.4 Å². The number of benzene rings is 1. The van der Waals surface area contributed by atoms with E-state index in [1.165, 1.54) is 6.07 Å². The van der Waals surface area contributed by atoms with E-state index in [1.54, 1.807) is 0 Å². The summed E-state index contributed by atoms with van der Waals surface area (Å²) >= 11 is -1.50. The standard InChI is InChI=1S/C7H4INO5/c10-7(11)5-3-4(8-12)1-2-6(5)9(13)14/h1-3H,(H,10,11). The number of nitro benzene ring substituents is 1. The van der Waals surface area contributed by atoms with E-state index in [1.807, 2.05) is 0 Å². The second-order valence-electron chi connectivity index (χ2n) is 2.30. The van der Waals surface area contributed by atoms with Crippen LogP contribution in [0.15, 0.2) is 18.2 Å². The average Bonchev–Trinajstić information content (AvgIpc) is 2.16. The van der Waals surface area contributed by atoms with Gasteiger partial charge in [0.2, 0.25) is 0 Å². The Morgan fingerprint density at radius 3 is 2.57 bits per heavy atom. The van der Waals surface area contributed by atoms with Crippen molar-refractivity contribution in [1.82, 2.24) is 0 Å². The Labute approximate surface area is 88.3 Å². The minimum absolute atomic E-state index is 0.326. The van der Waals surface area contributed by atoms with Crippen molar-refractivity contribution in [1.29, 1.82) is 0 Å². The highest BCUT2D eigenvalue weighted by Gasteiger charge is 2.19. The number of hydrogen-bond donors (Lipinski definition) is 1. The number of carbonyl (C=O) groups is 1. The predicted octanol–water partition coefficient (Wildman–Crippen LogP) is 1.78. The van der Waals surface area contributed by atoms with Gasteiger partial charge in [0, 0.05) is 9.64 Å². The molecule has 14 heavy (non-hydrogen) atoms. The highest BCUT2D eigenvalue weighted by atomic mass is 127. The minimum Gasteiger partial charge on any atom is -0.477 e. The lowest BCUT2D eigenvalue weighted by Crippen LogP contribution is -2.02. The molecule has 0 aliphatic heterocycles. The number of halogens is 1. The van der Waals surface area contributed by atoms with Gasteiger partial charge >= 0.3 is 5.97 Å². The monoisotopic (exact) mass is 309 g/mol. The lowest BCUT2D eigenvalue weighted by atomic mass is 10.2. The summed E-state index contributed by atoms with van der Waals surface area (Å²) < 4.78 is 10.9. The fraction of sp³-hybridized carbons (Fsp3) is 0. The van der Waals surface area contributed by atoms with E-state index in [0.717, 1.165) is 12.1 Å². The zero-order valence-corrected chi connectivity index (χ0v) is 8.79. The molecule has 0 aliphatic rings. The van der Waals surface area contributed by atoms with Gasteiger partial charge < -0.3 is 5.11 Å². The van der Waals surface area contributed by atoms with Crippen LogP contribution >= 0.6 is 21.2 Å². The Morgan fingerprint density at radius 1 is 1.50 bits per heavy atom. The van der Waals surface area contributed by atoms with Gasteiger partial charge in [-0.3, -0.25) is 13.2 Å². The molecule has 1 aromatic carbocycles. The van der Waals surface area contributed by atoms with Crippen LogP contribution in [-0.2, 0) is 3.07 Å². The topological polar surface area (TPSA) is 97.5 Å². The highest BCUT2D eigenvalue weighted by molar-refractivity contribution is 14.1. The fourth-order valence-electron chi connectivity index (χ4n) is 0.887. The maximum Gasteiger partial charge on any atom is 0.342 e. The first-order valence-electron chi connectivity index (χ1n) is 3.35. The second-order valence-corrected chi connectivity index (χ2v) is 3.99. The largest absolute Gasteiger partial charge is 0.477 e. The Balaban J connectivity index is 3.38. The van der Waals surface area contributed by atoms with Crippen LogP contribution in [0.25, 0.3) is 0 Å². The van der Waals surface area contributed by atoms with Crippen LogP contribution in [-0.4, -0.2) is 16.0 Å². The van der Waals surface area contributed by atoms with Gasteiger partial charge in [-0.15, -0.1) is 0 Å². The molecule has 0 spiro atoms. The molecule has 1 aromatic rings. The first-order chi connectivity index (χ1) is 6.56. The molecule has 0 bridgehead atoms. The third-order valence-electron chi connectivity index (χ3n) is 1.47. The molecule has 0 aromatic heterocycles. The van der Waals surface area contributed by atoms with E-state index < -0.39 is 43.3 Å². The molecule has 0 heterocycles. The number of nitro groups is 1. The van der Waals surface area contributed by atoms with Gasteiger partial charge in [-0.2, -0.15) is 0 Å². The number of nitrogens with zero attached hydrogens (tertiary/aromatic N) is 1. The summed E-state index contributed by atoms with van der Waals surface area (Å²) in [4.78, 5) is 20.2. The second kappa shape index (κ2) is 4.22. The summed E-state index contributed by atoms with van der Waals surface area (Å²) in [5, 5.41) is 19.0. The lowest BCUT2D eigenvalue weighted by molar-refractivity contribution is -0.385. The molecule has 0 unspecified atom stereocenters. The van der Waals surface area contributed by atoms with Crippen LogP contribution in [0, 0.1) is 13.7 Å². The number of rotatable bonds is 3. The first kappa shape index (κ1) is 10.7. The summed E-state index contributed by atoms with van der Waals surface area (Å²) in [6.45, 7) is 0. The third kappa shape index (κ3) is 2.10. The summed E-state index contributed by atoms with van der Waals surface area (Å²) in [5.41, 5.74) is -0.915. The summed E-state index contributed by atoms with van der Waals surface area (Å²) in [5.74, 6) is -1.39. The van der Waals surface area contributed by atoms with Gasteiger partial charge in [-0.25, -0.2) is 4.79 Å². The molecule has 0 aliphatic carbocycles. The van der Waals surface area contributed by atoms with Gasteiger partial charge in [0.15, 0.2) is 21.2 Å². The molecule has 0 amide bonds. The zero-order chi connectivity index (χ0) is 10.7. The van der Waals surface area contributed by atoms with Crippen molar-refractivity contribution < 1.29 is 17.9 Å². The maximum absolute atomic E-state index is 10.6.